The van der Waals surface area contributed by atoms with Crippen molar-refractivity contribution in [3.63, 3.8) is 0 Å². The molecule has 0 aliphatic heterocycles. The fourth-order valence-electron chi connectivity index (χ4n) is 5.53. The number of hydrogen-bond donors (Lipinski definition) is 3. The molecular weight excluding hydrogens is 648 g/mol. The Morgan fingerprint density at radius 3 is 1.75 bits per heavy atom. The SMILES string of the molecule is Cc1cncc(CNc2cc(=O)n(O)c3ncnc(C)c23)c1.Cc1cncc(CNc2cc(=O)n(OCc3ccccc3)c3ncnc(C)c23)c1. The first kappa shape index (κ1) is 34.2. The summed E-state index contributed by atoms with van der Waals surface area (Å²) < 4.78 is 1.76. The fraction of sp³-hybridized carbons (Fsp3) is 0.189. The van der Waals surface area contributed by atoms with E-state index in [1.807, 2.05) is 63.4 Å². The summed E-state index contributed by atoms with van der Waals surface area (Å²) in [5.74, 6) is 0. The second-order valence-electron chi connectivity index (χ2n) is 11.9. The molecule has 6 aromatic heterocycles. The molecule has 14 nitrogen and oxygen atoms in total. The van der Waals surface area contributed by atoms with Gasteiger partial charge in [0.25, 0.3) is 11.1 Å². The van der Waals surface area contributed by atoms with E-state index in [-0.39, 0.29) is 17.8 Å². The zero-order valence-corrected chi connectivity index (χ0v) is 28.5. The van der Waals surface area contributed by atoms with Gasteiger partial charge in [0.15, 0.2) is 11.3 Å². The van der Waals surface area contributed by atoms with Crippen LogP contribution in [-0.4, -0.2) is 44.6 Å². The molecule has 0 radical (unpaired) electrons. The number of rotatable bonds is 9. The molecule has 0 amide bonds. The molecule has 7 rings (SSSR count). The number of anilines is 2. The highest BCUT2D eigenvalue weighted by molar-refractivity contribution is 5.91. The van der Waals surface area contributed by atoms with E-state index in [9.17, 15) is 14.8 Å². The van der Waals surface area contributed by atoms with Crippen molar-refractivity contribution in [2.24, 2.45) is 0 Å². The number of benzene rings is 1. The van der Waals surface area contributed by atoms with Gasteiger partial charge in [-0.15, -0.1) is 9.46 Å². The quantitative estimate of drug-likeness (QED) is 0.179. The highest BCUT2D eigenvalue weighted by Gasteiger charge is 2.15. The minimum absolute atomic E-state index is 0.185. The van der Waals surface area contributed by atoms with Crippen LogP contribution in [0.2, 0.25) is 0 Å². The third kappa shape index (κ3) is 7.96. The van der Waals surface area contributed by atoms with Crippen molar-refractivity contribution in [3.05, 3.63) is 152 Å². The van der Waals surface area contributed by atoms with E-state index in [1.165, 1.54) is 29.5 Å². The maximum absolute atomic E-state index is 12.8. The Morgan fingerprint density at radius 2 is 1.18 bits per heavy atom. The van der Waals surface area contributed by atoms with Crippen LogP contribution in [0.4, 0.5) is 11.4 Å². The van der Waals surface area contributed by atoms with Crippen LogP contribution >= 0.6 is 0 Å². The summed E-state index contributed by atoms with van der Waals surface area (Å²) in [7, 11) is 0. The van der Waals surface area contributed by atoms with E-state index in [4.69, 9.17) is 4.84 Å². The van der Waals surface area contributed by atoms with Gasteiger partial charge in [-0.25, -0.2) is 19.9 Å². The van der Waals surface area contributed by atoms with Crippen LogP contribution < -0.4 is 26.6 Å². The minimum atomic E-state index is -0.546. The fourth-order valence-corrected chi connectivity index (χ4v) is 5.53. The average Bonchev–Trinajstić information content (AvgIpc) is 3.12. The molecule has 7 aromatic rings. The Kier molecular flexibility index (Phi) is 10.2. The Hall–Kier alpha value is -6.70. The lowest BCUT2D eigenvalue weighted by molar-refractivity contribution is 0.0979. The summed E-state index contributed by atoms with van der Waals surface area (Å²) >= 11 is 0. The Morgan fingerprint density at radius 1 is 0.647 bits per heavy atom. The van der Waals surface area contributed by atoms with Crippen molar-refractivity contribution in [3.8, 4) is 0 Å². The monoisotopic (exact) mass is 684 g/mol. The summed E-state index contributed by atoms with van der Waals surface area (Å²) in [5.41, 5.74) is 7.61. The predicted molar refractivity (Wildman–Crippen MR) is 194 cm³/mol. The van der Waals surface area contributed by atoms with Crippen molar-refractivity contribution >= 4 is 33.4 Å². The van der Waals surface area contributed by atoms with Crippen molar-refractivity contribution < 1.29 is 10.0 Å². The zero-order valence-electron chi connectivity index (χ0n) is 28.5. The Balaban J connectivity index is 0.000000183. The van der Waals surface area contributed by atoms with E-state index in [0.29, 0.717) is 45.9 Å². The molecule has 14 heteroatoms. The molecule has 0 atom stereocenters. The highest BCUT2D eigenvalue weighted by Crippen LogP contribution is 2.24. The first-order chi connectivity index (χ1) is 24.7. The van der Waals surface area contributed by atoms with Crippen LogP contribution in [0.3, 0.4) is 0 Å². The standard InChI is InChI=1S/C22H21N5O2.C15H15N5O2/c1-15-8-18(11-23-10-15)12-24-19-9-20(28)27(22-21(19)16(2)25-14-26-22)29-13-17-6-4-3-5-7-17;1-9-3-11(6-16-5-9)7-17-12-4-13(21)20(22)15-14(12)10(2)18-8-19-15/h3-11,14,24H,12-13H2,1-2H3;3-6,8,17,22H,7H2,1-2H3. The van der Waals surface area contributed by atoms with E-state index >= 15 is 0 Å². The normalized spacial score (nSPS) is 10.8. The van der Waals surface area contributed by atoms with E-state index < -0.39 is 5.56 Å². The molecule has 258 valence electrons. The van der Waals surface area contributed by atoms with E-state index in [1.54, 1.807) is 25.5 Å². The maximum Gasteiger partial charge on any atom is 0.287 e. The van der Waals surface area contributed by atoms with E-state index in [0.717, 1.165) is 38.9 Å². The number of pyridine rings is 4. The highest BCUT2D eigenvalue weighted by atomic mass is 16.7. The summed E-state index contributed by atoms with van der Waals surface area (Å²) in [6.45, 7) is 8.95. The van der Waals surface area contributed by atoms with Crippen LogP contribution in [0.25, 0.3) is 22.1 Å². The van der Waals surface area contributed by atoms with Gasteiger partial charge in [0.2, 0.25) is 0 Å². The van der Waals surface area contributed by atoms with Crippen LogP contribution in [-0.2, 0) is 19.7 Å². The lowest BCUT2D eigenvalue weighted by Gasteiger charge is -2.15. The van der Waals surface area contributed by atoms with Gasteiger partial charge in [0.1, 0.15) is 19.3 Å². The predicted octanol–water partition coefficient (Wildman–Crippen LogP) is 4.70. The van der Waals surface area contributed by atoms with Gasteiger partial charge in [0, 0.05) is 50.0 Å². The molecule has 6 heterocycles. The summed E-state index contributed by atoms with van der Waals surface area (Å²) in [4.78, 5) is 55.5. The molecule has 0 aliphatic rings. The number of aryl methyl sites for hydroxylation is 4. The van der Waals surface area contributed by atoms with Crippen LogP contribution in [0.5, 0.6) is 0 Å². The summed E-state index contributed by atoms with van der Waals surface area (Å²) in [5, 5.41) is 17.7. The molecule has 51 heavy (non-hydrogen) atoms. The average molecular weight is 685 g/mol. The maximum atomic E-state index is 12.8. The Labute approximate surface area is 292 Å². The first-order valence-corrected chi connectivity index (χ1v) is 16.1. The lowest BCUT2D eigenvalue weighted by atomic mass is 10.2. The topological polar surface area (TPSA) is 175 Å². The van der Waals surface area contributed by atoms with Crippen molar-refractivity contribution in [2.75, 3.05) is 10.6 Å². The third-order valence-corrected chi connectivity index (χ3v) is 7.94. The van der Waals surface area contributed by atoms with Gasteiger partial charge >= 0.3 is 0 Å². The van der Waals surface area contributed by atoms with Gasteiger partial charge in [0.05, 0.1) is 33.5 Å². The number of hydrogen-bond acceptors (Lipinski definition) is 12. The number of nitrogens with one attached hydrogen (secondary N) is 2. The van der Waals surface area contributed by atoms with Gasteiger partial charge in [-0.3, -0.25) is 19.6 Å². The van der Waals surface area contributed by atoms with Crippen molar-refractivity contribution in [2.45, 2.75) is 47.4 Å². The van der Waals surface area contributed by atoms with Gasteiger partial charge in [-0.2, -0.15) is 0 Å². The molecule has 0 spiro atoms. The van der Waals surface area contributed by atoms with Crippen LogP contribution in [0.1, 0.15) is 39.2 Å². The second kappa shape index (κ2) is 15.2. The van der Waals surface area contributed by atoms with Crippen LogP contribution in [0, 0.1) is 27.7 Å². The molecular formula is C37H36N10O4. The molecule has 3 N–H and O–H groups in total. The Bertz CT molecular complexity index is 2450. The molecule has 1 aromatic carbocycles. The largest absolute Gasteiger partial charge is 0.423 e. The van der Waals surface area contributed by atoms with Crippen molar-refractivity contribution in [1.82, 2.24) is 39.4 Å². The molecule has 0 bridgehead atoms. The molecule has 0 aliphatic carbocycles. The number of aromatic nitrogens is 8. The minimum Gasteiger partial charge on any atom is -0.423 e. The molecule has 0 fully saturated rings. The smallest absolute Gasteiger partial charge is 0.287 e. The molecule has 0 unspecified atom stereocenters. The summed E-state index contributed by atoms with van der Waals surface area (Å²) in [6, 6.07) is 16.6. The third-order valence-electron chi connectivity index (χ3n) is 7.94. The second-order valence-corrected chi connectivity index (χ2v) is 11.9. The molecule has 0 saturated carbocycles. The first-order valence-electron chi connectivity index (χ1n) is 16.1. The van der Waals surface area contributed by atoms with Gasteiger partial charge in [-0.05, 0) is 55.5 Å². The number of nitrogens with zero attached hydrogens (tertiary/aromatic N) is 8. The molecule has 0 saturated heterocycles. The van der Waals surface area contributed by atoms with Crippen molar-refractivity contribution in [1.29, 1.82) is 0 Å². The number of fused-ring (bicyclic) bond motifs is 2. The van der Waals surface area contributed by atoms with Gasteiger partial charge in [-0.1, -0.05) is 42.5 Å². The lowest BCUT2D eigenvalue weighted by Crippen LogP contribution is -2.28. The van der Waals surface area contributed by atoms with E-state index in [2.05, 4.69) is 46.6 Å². The zero-order chi connectivity index (χ0) is 35.9. The van der Waals surface area contributed by atoms with Gasteiger partial charge < -0.3 is 20.7 Å². The summed E-state index contributed by atoms with van der Waals surface area (Å²) in [6.07, 6.45) is 9.91. The van der Waals surface area contributed by atoms with Crippen LogP contribution in [0.15, 0.2) is 102 Å².